The zero-order valence-electron chi connectivity index (χ0n) is 28.8. The van der Waals surface area contributed by atoms with E-state index in [0.717, 1.165) is 11.8 Å². The van der Waals surface area contributed by atoms with Crippen LogP contribution in [0.5, 0.6) is 0 Å². The first-order valence-electron chi connectivity index (χ1n) is 18.7. The monoisotopic (exact) mass is 551 g/mol. The minimum atomic E-state index is 0.892. The summed E-state index contributed by atoms with van der Waals surface area (Å²) in [6, 6.07) is 0. The number of hydrogen-bond donors (Lipinski definition) is 0. The molecular weight excluding hydrogens is 470 g/mol. The third kappa shape index (κ3) is 34.1. The summed E-state index contributed by atoms with van der Waals surface area (Å²) in [4.78, 5) is 0. The highest BCUT2D eigenvalue weighted by atomic mass is 15.3. The molecular formula is C38H80N+. The molecule has 0 saturated carbocycles. The molecule has 0 bridgehead atoms. The van der Waals surface area contributed by atoms with Crippen LogP contribution >= 0.6 is 0 Å². The molecule has 0 amide bonds. The highest BCUT2D eigenvalue weighted by molar-refractivity contribution is 4.53. The Morgan fingerprint density at radius 2 is 0.462 bits per heavy atom. The molecule has 0 N–H and O–H groups in total. The summed E-state index contributed by atoms with van der Waals surface area (Å²) in [7, 11) is 4.93. The Labute approximate surface area is 250 Å². The van der Waals surface area contributed by atoms with E-state index < -0.39 is 0 Å². The predicted molar refractivity (Wildman–Crippen MR) is 181 cm³/mol. The molecule has 1 nitrogen and oxygen atoms in total. The van der Waals surface area contributed by atoms with Gasteiger partial charge in [-0.25, -0.2) is 0 Å². The molecule has 0 rings (SSSR count). The van der Waals surface area contributed by atoms with Gasteiger partial charge in [-0.1, -0.05) is 182 Å². The fraction of sp³-hybridized carbons (Fsp3) is 1.00. The molecule has 0 aromatic carbocycles. The van der Waals surface area contributed by atoms with Crippen molar-refractivity contribution in [2.75, 3.05) is 27.2 Å². The van der Waals surface area contributed by atoms with Gasteiger partial charge in [-0.15, -0.1) is 0 Å². The molecule has 0 unspecified atom stereocenters. The van der Waals surface area contributed by atoms with Gasteiger partial charge in [0.1, 0.15) is 0 Å². The average Bonchev–Trinajstić information content (AvgIpc) is 2.88. The molecule has 1 heteroatoms. The number of quaternary nitrogens is 1. The van der Waals surface area contributed by atoms with E-state index in [0.29, 0.717) is 0 Å². The maximum Gasteiger partial charge on any atom is 0.0782 e. The zero-order valence-corrected chi connectivity index (χ0v) is 28.8. The van der Waals surface area contributed by atoms with Gasteiger partial charge >= 0.3 is 0 Å². The minimum Gasteiger partial charge on any atom is -0.328 e. The van der Waals surface area contributed by atoms with Gasteiger partial charge < -0.3 is 4.48 Å². The summed E-state index contributed by atoms with van der Waals surface area (Å²) >= 11 is 0. The van der Waals surface area contributed by atoms with Crippen LogP contribution in [0.1, 0.15) is 207 Å². The Kier molecular flexibility index (Phi) is 29.4. The van der Waals surface area contributed by atoms with Crippen LogP contribution in [0.25, 0.3) is 0 Å². The van der Waals surface area contributed by atoms with Crippen molar-refractivity contribution in [3.63, 3.8) is 0 Å². The van der Waals surface area contributed by atoms with Crippen molar-refractivity contribution in [1.29, 1.82) is 0 Å². The van der Waals surface area contributed by atoms with Gasteiger partial charge in [-0.05, 0) is 37.5 Å². The van der Waals surface area contributed by atoms with Crippen LogP contribution in [-0.2, 0) is 0 Å². The number of hydrogen-bond acceptors (Lipinski definition) is 0. The van der Waals surface area contributed by atoms with E-state index in [1.165, 1.54) is 197 Å². The lowest BCUT2D eigenvalue weighted by Gasteiger charge is -2.30. The van der Waals surface area contributed by atoms with Crippen molar-refractivity contribution in [1.82, 2.24) is 0 Å². The van der Waals surface area contributed by atoms with Crippen LogP contribution in [-0.4, -0.2) is 31.7 Å². The lowest BCUT2D eigenvalue weighted by atomic mass is 10.0. The van der Waals surface area contributed by atoms with E-state index in [4.69, 9.17) is 0 Å². The van der Waals surface area contributed by atoms with Crippen LogP contribution in [0, 0.1) is 11.8 Å². The van der Waals surface area contributed by atoms with E-state index in [2.05, 4.69) is 41.8 Å². The van der Waals surface area contributed by atoms with Crippen LogP contribution < -0.4 is 0 Å². The molecule has 0 aromatic heterocycles. The molecule has 0 aromatic rings. The predicted octanol–water partition coefficient (Wildman–Crippen LogP) is 13.3. The topological polar surface area (TPSA) is 0 Å². The highest BCUT2D eigenvalue weighted by Gasteiger charge is 2.13. The van der Waals surface area contributed by atoms with Crippen molar-refractivity contribution in [3.05, 3.63) is 0 Å². The summed E-state index contributed by atoms with van der Waals surface area (Å²) in [5, 5.41) is 0. The molecule has 0 aliphatic carbocycles. The van der Waals surface area contributed by atoms with Gasteiger partial charge in [-0.2, -0.15) is 0 Å². The molecule has 236 valence electrons. The van der Waals surface area contributed by atoms with Crippen molar-refractivity contribution in [2.24, 2.45) is 11.8 Å². The van der Waals surface area contributed by atoms with Crippen LogP contribution in [0.3, 0.4) is 0 Å². The van der Waals surface area contributed by atoms with Gasteiger partial charge in [-0.3, -0.25) is 0 Å². The number of rotatable bonds is 32. The van der Waals surface area contributed by atoms with Gasteiger partial charge in [0.25, 0.3) is 0 Å². The van der Waals surface area contributed by atoms with Gasteiger partial charge in [0.05, 0.1) is 27.2 Å². The second-order valence-corrected chi connectivity index (χ2v) is 14.9. The zero-order chi connectivity index (χ0) is 28.9. The molecule has 0 fully saturated rings. The lowest BCUT2D eigenvalue weighted by Crippen LogP contribution is -2.41. The molecule has 0 aliphatic heterocycles. The second kappa shape index (κ2) is 29.5. The molecule has 0 atom stereocenters. The Morgan fingerprint density at radius 3 is 0.667 bits per heavy atom. The lowest BCUT2D eigenvalue weighted by molar-refractivity contribution is -0.890. The first-order valence-corrected chi connectivity index (χ1v) is 18.7. The van der Waals surface area contributed by atoms with Crippen molar-refractivity contribution >= 4 is 0 Å². The molecule has 0 aliphatic rings. The van der Waals surface area contributed by atoms with Crippen molar-refractivity contribution in [2.45, 2.75) is 207 Å². The van der Waals surface area contributed by atoms with Gasteiger partial charge in [0.15, 0.2) is 0 Å². The first kappa shape index (κ1) is 39.0. The largest absolute Gasteiger partial charge is 0.328 e. The minimum absolute atomic E-state index is 0.892. The van der Waals surface area contributed by atoms with E-state index in [1.807, 2.05) is 0 Å². The summed E-state index contributed by atoms with van der Waals surface area (Å²) in [5.74, 6) is 1.78. The van der Waals surface area contributed by atoms with Crippen LogP contribution in [0.4, 0.5) is 0 Å². The Bertz CT molecular complexity index is 412. The maximum absolute atomic E-state index is 2.47. The third-order valence-corrected chi connectivity index (χ3v) is 9.09. The van der Waals surface area contributed by atoms with Crippen LogP contribution in [0.2, 0.25) is 0 Å². The molecule has 0 radical (unpaired) electrons. The third-order valence-electron chi connectivity index (χ3n) is 9.09. The van der Waals surface area contributed by atoms with Crippen molar-refractivity contribution in [3.8, 4) is 0 Å². The Balaban J connectivity index is 3.28. The molecule has 0 heterocycles. The second-order valence-electron chi connectivity index (χ2n) is 14.9. The molecule has 39 heavy (non-hydrogen) atoms. The Hall–Kier alpha value is -0.0400. The highest BCUT2D eigenvalue weighted by Crippen LogP contribution is 2.17. The normalized spacial score (nSPS) is 12.3. The summed E-state index contributed by atoms with van der Waals surface area (Å²) < 4.78 is 1.24. The average molecular weight is 551 g/mol. The fourth-order valence-corrected chi connectivity index (χ4v) is 6.19. The van der Waals surface area contributed by atoms with Gasteiger partial charge in [0.2, 0.25) is 0 Å². The van der Waals surface area contributed by atoms with E-state index in [1.54, 1.807) is 0 Å². The number of nitrogens with zero attached hydrogens (tertiary/aromatic N) is 1. The quantitative estimate of drug-likeness (QED) is 0.0577. The van der Waals surface area contributed by atoms with E-state index >= 15 is 0 Å². The summed E-state index contributed by atoms with van der Waals surface area (Å²) in [6.07, 6.45) is 41.0. The standard InChI is InChI=1S/C38H80N/c1-37(2)33-29-25-21-17-13-9-7-11-15-19-23-27-31-35-39(5,6)36-32-28-24-20-16-12-8-10-14-18-22-26-30-34-38(3)4/h37-38H,7-36H2,1-6H3/q+1. The van der Waals surface area contributed by atoms with Gasteiger partial charge in [0, 0.05) is 0 Å². The smallest absolute Gasteiger partial charge is 0.0782 e. The van der Waals surface area contributed by atoms with Crippen LogP contribution in [0.15, 0.2) is 0 Å². The molecule has 0 spiro atoms. The fourth-order valence-electron chi connectivity index (χ4n) is 6.19. The van der Waals surface area contributed by atoms with E-state index in [-0.39, 0.29) is 0 Å². The Morgan fingerprint density at radius 1 is 0.282 bits per heavy atom. The van der Waals surface area contributed by atoms with Crippen molar-refractivity contribution < 1.29 is 4.48 Å². The summed E-state index contributed by atoms with van der Waals surface area (Å²) in [5.41, 5.74) is 0. The maximum atomic E-state index is 2.47. The SMILES string of the molecule is CC(C)CCCCCCCCCCCCCCC[N+](C)(C)CCCCCCCCCCCCCCCC(C)C. The van der Waals surface area contributed by atoms with E-state index in [9.17, 15) is 0 Å². The number of unbranched alkanes of at least 4 members (excludes halogenated alkanes) is 24. The molecule has 0 saturated heterocycles. The first-order chi connectivity index (χ1) is 18.8. The summed E-state index contributed by atoms with van der Waals surface area (Å²) in [6.45, 7) is 12.2.